The van der Waals surface area contributed by atoms with Crippen LogP contribution < -0.4 is 25.4 Å². The van der Waals surface area contributed by atoms with E-state index in [4.69, 9.17) is 9.47 Å². The zero-order chi connectivity index (χ0) is 24.0. The van der Waals surface area contributed by atoms with E-state index in [9.17, 15) is 14.7 Å². The van der Waals surface area contributed by atoms with E-state index >= 15 is 0 Å². The number of fused-ring (bicyclic) bond motifs is 1. The SMILES string of the molecule is CNC[C@@H]1Oc2ccc(NC(=O)Nc3ccc(OC)cc3)cc2C(=O)N([C@H](C)CO)C[C@H]1C. The number of carbonyl (C=O) groups is 2. The van der Waals surface area contributed by atoms with Crippen molar-refractivity contribution in [2.75, 3.05) is 44.5 Å². The summed E-state index contributed by atoms with van der Waals surface area (Å²) in [4.78, 5) is 27.5. The quantitative estimate of drug-likeness (QED) is 0.510. The molecule has 3 rings (SSSR count). The second kappa shape index (κ2) is 11.0. The van der Waals surface area contributed by atoms with Crippen LogP contribution in [0.3, 0.4) is 0 Å². The number of nitrogens with one attached hydrogen (secondary N) is 3. The maximum absolute atomic E-state index is 13.4. The summed E-state index contributed by atoms with van der Waals surface area (Å²) in [7, 11) is 3.42. The second-order valence-electron chi connectivity index (χ2n) is 8.20. The molecule has 0 unspecified atom stereocenters. The molecule has 33 heavy (non-hydrogen) atoms. The molecule has 0 aliphatic carbocycles. The fourth-order valence-corrected chi connectivity index (χ4v) is 3.71. The van der Waals surface area contributed by atoms with Crippen molar-refractivity contribution in [1.82, 2.24) is 10.2 Å². The molecule has 1 heterocycles. The Hall–Kier alpha value is -3.30. The van der Waals surface area contributed by atoms with Gasteiger partial charge in [0.2, 0.25) is 0 Å². The third kappa shape index (κ3) is 5.94. The van der Waals surface area contributed by atoms with Crippen molar-refractivity contribution in [3.05, 3.63) is 48.0 Å². The summed E-state index contributed by atoms with van der Waals surface area (Å²) in [6, 6.07) is 11.2. The van der Waals surface area contributed by atoms with Gasteiger partial charge in [0, 0.05) is 30.4 Å². The van der Waals surface area contributed by atoms with E-state index in [2.05, 4.69) is 16.0 Å². The molecule has 4 N–H and O–H groups in total. The lowest BCUT2D eigenvalue weighted by molar-refractivity contribution is 0.0416. The molecular formula is C24H32N4O5. The van der Waals surface area contributed by atoms with Crippen molar-refractivity contribution >= 4 is 23.3 Å². The van der Waals surface area contributed by atoms with E-state index in [1.807, 2.05) is 20.9 Å². The van der Waals surface area contributed by atoms with Crippen molar-refractivity contribution in [3.63, 3.8) is 0 Å². The van der Waals surface area contributed by atoms with Crippen LogP contribution in [0.5, 0.6) is 11.5 Å². The van der Waals surface area contributed by atoms with E-state index in [1.165, 1.54) is 0 Å². The van der Waals surface area contributed by atoms with Crippen molar-refractivity contribution in [3.8, 4) is 11.5 Å². The fourth-order valence-electron chi connectivity index (χ4n) is 3.71. The topological polar surface area (TPSA) is 112 Å². The lowest BCUT2D eigenvalue weighted by Crippen LogP contribution is -2.49. The smallest absolute Gasteiger partial charge is 0.323 e. The van der Waals surface area contributed by atoms with Crippen LogP contribution in [0.2, 0.25) is 0 Å². The highest BCUT2D eigenvalue weighted by Gasteiger charge is 2.32. The van der Waals surface area contributed by atoms with Crippen LogP contribution in [-0.2, 0) is 0 Å². The summed E-state index contributed by atoms with van der Waals surface area (Å²) in [5, 5.41) is 18.3. The monoisotopic (exact) mass is 456 g/mol. The Morgan fingerprint density at radius 3 is 2.52 bits per heavy atom. The lowest BCUT2D eigenvalue weighted by Gasteiger charge is -2.37. The molecule has 178 valence electrons. The van der Waals surface area contributed by atoms with Crippen LogP contribution in [0, 0.1) is 5.92 Å². The van der Waals surface area contributed by atoms with Crippen molar-refractivity contribution < 1.29 is 24.2 Å². The van der Waals surface area contributed by atoms with Crippen LogP contribution in [0.1, 0.15) is 24.2 Å². The minimum Gasteiger partial charge on any atom is -0.497 e. The average molecular weight is 457 g/mol. The van der Waals surface area contributed by atoms with Gasteiger partial charge in [-0.05, 0) is 56.4 Å². The van der Waals surface area contributed by atoms with E-state index in [0.717, 1.165) is 0 Å². The first-order valence-electron chi connectivity index (χ1n) is 11.0. The zero-order valence-electron chi connectivity index (χ0n) is 19.4. The minimum absolute atomic E-state index is 0.0524. The van der Waals surface area contributed by atoms with Gasteiger partial charge >= 0.3 is 6.03 Å². The molecule has 2 aromatic carbocycles. The summed E-state index contributed by atoms with van der Waals surface area (Å²) in [5.41, 5.74) is 1.39. The Balaban J connectivity index is 1.84. The molecule has 9 nitrogen and oxygen atoms in total. The van der Waals surface area contributed by atoms with Crippen LogP contribution in [0.15, 0.2) is 42.5 Å². The number of benzene rings is 2. The van der Waals surface area contributed by atoms with Crippen LogP contribution >= 0.6 is 0 Å². The minimum atomic E-state index is -0.443. The van der Waals surface area contributed by atoms with Crippen LogP contribution in [0.4, 0.5) is 16.2 Å². The predicted molar refractivity (Wildman–Crippen MR) is 127 cm³/mol. The third-order valence-electron chi connectivity index (χ3n) is 5.68. The predicted octanol–water partition coefficient (Wildman–Crippen LogP) is 2.78. The number of amides is 3. The third-order valence-corrected chi connectivity index (χ3v) is 5.68. The number of hydrogen-bond donors (Lipinski definition) is 4. The molecule has 3 amide bonds. The number of likely N-dealkylation sites (N-methyl/N-ethyl adjacent to an activating group) is 1. The standard InChI is InChI=1S/C24H32N4O5/c1-15-13-28(16(2)14-29)23(30)20-11-18(7-10-21(20)33-22(15)12-25-3)27-24(31)26-17-5-8-19(32-4)9-6-17/h5-11,15-16,22,25,29H,12-14H2,1-4H3,(H2,26,27,31)/t15-,16-,22+/m1/s1. The van der Waals surface area contributed by atoms with E-state index in [1.54, 1.807) is 54.5 Å². The number of aliphatic hydroxyl groups is 1. The van der Waals surface area contributed by atoms with Gasteiger partial charge in [0.15, 0.2) is 0 Å². The largest absolute Gasteiger partial charge is 0.497 e. The Morgan fingerprint density at radius 1 is 1.21 bits per heavy atom. The number of rotatable bonds is 7. The van der Waals surface area contributed by atoms with Gasteiger partial charge in [0.25, 0.3) is 5.91 Å². The highest BCUT2D eigenvalue weighted by molar-refractivity contribution is 6.02. The first-order valence-corrected chi connectivity index (χ1v) is 11.0. The number of ether oxygens (including phenoxy) is 2. The Morgan fingerprint density at radius 2 is 1.88 bits per heavy atom. The average Bonchev–Trinajstić information content (AvgIpc) is 2.81. The molecular weight excluding hydrogens is 424 g/mol. The van der Waals surface area contributed by atoms with Gasteiger partial charge in [-0.3, -0.25) is 4.79 Å². The fraction of sp³-hybridized carbons (Fsp3) is 0.417. The molecule has 0 radical (unpaired) electrons. The summed E-state index contributed by atoms with van der Waals surface area (Å²) in [5.74, 6) is 0.939. The molecule has 0 bridgehead atoms. The molecule has 9 heteroatoms. The molecule has 0 saturated heterocycles. The Kier molecular flexibility index (Phi) is 8.13. The van der Waals surface area contributed by atoms with Crippen molar-refractivity contribution in [2.24, 2.45) is 5.92 Å². The normalized spacial score (nSPS) is 18.9. The number of anilines is 2. The Bertz CT molecular complexity index is 966. The highest BCUT2D eigenvalue weighted by Crippen LogP contribution is 2.30. The summed E-state index contributed by atoms with van der Waals surface area (Å²) in [6.07, 6.45) is -0.160. The molecule has 0 fully saturated rings. The first kappa shape index (κ1) is 24.3. The van der Waals surface area contributed by atoms with Gasteiger partial charge in [0.1, 0.15) is 17.6 Å². The highest BCUT2D eigenvalue weighted by atomic mass is 16.5. The van der Waals surface area contributed by atoms with Gasteiger partial charge in [-0.2, -0.15) is 0 Å². The van der Waals surface area contributed by atoms with Crippen LogP contribution in [0.25, 0.3) is 0 Å². The second-order valence-corrected chi connectivity index (χ2v) is 8.20. The van der Waals surface area contributed by atoms with Gasteiger partial charge in [-0.1, -0.05) is 6.92 Å². The zero-order valence-corrected chi connectivity index (χ0v) is 19.4. The number of urea groups is 1. The number of hydrogen-bond acceptors (Lipinski definition) is 6. The summed E-state index contributed by atoms with van der Waals surface area (Å²) < 4.78 is 11.3. The van der Waals surface area contributed by atoms with E-state index < -0.39 is 6.03 Å². The number of carbonyl (C=O) groups excluding carboxylic acids is 2. The molecule has 1 aliphatic rings. The van der Waals surface area contributed by atoms with Gasteiger partial charge in [-0.15, -0.1) is 0 Å². The van der Waals surface area contributed by atoms with Crippen LogP contribution in [-0.4, -0.2) is 67.9 Å². The summed E-state index contributed by atoms with van der Waals surface area (Å²) >= 11 is 0. The Labute approximate surface area is 194 Å². The van der Waals surface area contributed by atoms with Gasteiger partial charge in [0.05, 0.1) is 25.3 Å². The molecule has 0 saturated carbocycles. The van der Waals surface area contributed by atoms with Gasteiger partial charge < -0.3 is 35.4 Å². The van der Waals surface area contributed by atoms with Crippen molar-refractivity contribution in [2.45, 2.75) is 26.0 Å². The molecule has 2 aromatic rings. The molecule has 0 aromatic heterocycles. The molecule has 3 atom stereocenters. The number of nitrogens with zero attached hydrogens (tertiary/aromatic N) is 1. The number of methoxy groups -OCH3 is 1. The van der Waals surface area contributed by atoms with E-state index in [0.29, 0.717) is 41.5 Å². The maximum Gasteiger partial charge on any atom is 0.323 e. The maximum atomic E-state index is 13.4. The molecule has 0 spiro atoms. The first-order chi connectivity index (χ1) is 15.9. The number of aliphatic hydroxyl groups excluding tert-OH is 1. The summed E-state index contributed by atoms with van der Waals surface area (Å²) in [6.45, 7) is 4.75. The molecule has 1 aliphatic heterocycles. The van der Waals surface area contributed by atoms with E-state index in [-0.39, 0.29) is 30.6 Å². The lowest BCUT2D eigenvalue weighted by atomic mass is 9.99. The van der Waals surface area contributed by atoms with Gasteiger partial charge in [-0.25, -0.2) is 4.79 Å². The van der Waals surface area contributed by atoms with Crippen molar-refractivity contribution in [1.29, 1.82) is 0 Å².